The minimum atomic E-state index is 0.147. The Morgan fingerprint density at radius 1 is 1.39 bits per heavy atom. The number of hydrogen-bond acceptors (Lipinski definition) is 3. The summed E-state index contributed by atoms with van der Waals surface area (Å²) in [6.07, 6.45) is 5.96. The van der Waals surface area contributed by atoms with Gasteiger partial charge in [0.25, 0.3) is 0 Å². The van der Waals surface area contributed by atoms with Crippen LogP contribution < -0.4 is 4.90 Å². The van der Waals surface area contributed by atoms with Crippen molar-refractivity contribution in [2.24, 2.45) is 11.3 Å². The van der Waals surface area contributed by atoms with Crippen molar-refractivity contribution in [2.45, 2.75) is 45.6 Å². The van der Waals surface area contributed by atoms with Gasteiger partial charge in [-0.2, -0.15) is 0 Å². The highest BCUT2D eigenvalue weighted by atomic mass is 35.5. The number of aromatic nitrogens is 1. The maximum Gasteiger partial charge on any atom is 0.225 e. The number of piperidine rings is 1. The minimum absolute atomic E-state index is 0.147. The van der Waals surface area contributed by atoms with Gasteiger partial charge < -0.3 is 9.80 Å². The lowest BCUT2D eigenvalue weighted by Crippen LogP contribution is -2.46. The summed E-state index contributed by atoms with van der Waals surface area (Å²) in [5, 5.41) is 0.656. The monoisotopic (exact) mass is 335 g/mol. The fourth-order valence-corrected chi connectivity index (χ4v) is 3.58. The summed E-state index contributed by atoms with van der Waals surface area (Å²) in [4.78, 5) is 21.4. The van der Waals surface area contributed by atoms with Gasteiger partial charge in [-0.05, 0) is 50.2 Å². The van der Waals surface area contributed by atoms with Crippen LogP contribution in [0.25, 0.3) is 0 Å². The van der Waals surface area contributed by atoms with Gasteiger partial charge >= 0.3 is 0 Å². The molecule has 1 saturated carbocycles. The van der Waals surface area contributed by atoms with Crippen molar-refractivity contribution in [3.8, 4) is 0 Å². The van der Waals surface area contributed by atoms with Crippen LogP contribution in [-0.4, -0.2) is 42.0 Å². The molecule has 0 spiro atoms. The number of anilines is 1. The van der Waals surface area contributed by atoms with Crippen LogP contribution >= 0.6 is 11.6 Å². The molecular weight excluding hydrogens is 310 g/mol. The van der Waals surface area contributed by atoms with E-state index in [1.54, 1.807) is 6.20 Å². The molecule has 126 valence electrons. The Morgan fingerprint density at radius 2 is 2.04 bits per heavy atom. The number of nitrogens with zero attached hydrogens (tertiary/aromatic N) is 3. The quantitative estimate of drug-likeness (QED) is 0.843. The molecule has 1 aliphatic heterocycles. The van der Waals surface area contributed by atoms with E-state index >= 15 is 0 Å². The van der Waals surface area contributed by atoms with E-state index in [9.17, 15) is 4.79 Å². The van der Waals surface area contributed by atoms with Gasteiger partial charge in [0.2, 0.25) is 5.91 Å². The van der Waals surface area contributed by atoms with Gasteiger partial charge in [0.1, 0.15) is 5.82 Å². The molecule has 2 aliphatic rings. The molecule has 0 radical (unpaired) electrons. The van der Waals surface area contributed by atoms with Crippen molar-refractivity contribution in [3.05, 3.63) is 23.4 Å². The van der Waals surface area contributed by atoms with Crippen molar-refractivity contribution in [1.29, 1.82) is 0 Å². The summed E-state index contributed by atoms with van der Waals surface area (Å²) in [5.74, 6) is 1.41. The zero-order chi connectivity index (χ0) is 16.6. The van der Waals surface area contributed by atoms with Crippen LogP contribution in [0.5, 0.6) is 0 Å². The molecule has 1 saturated heterocycles. The maximum atomic E-state index is 12.8. The standard InChI is InChI=1S/C18H26ClN3O/c1-13(18(2)8-9-18)21(3)17(23)14-6-10-22(11-7-14)16-5-4-15(19)12-20-16/h4-5,12-14H,6-11H2,1-3H3/t13-/m0/s1. The van der Waals surface area contributed by atoms with Crippen LogP contribution in [0.4, 0.5) is 5.82 Å². The Hall–Kier alpha value is -1.29. The van der Waals surface area contributed by atoms with E-state index in [0.29, 0.717) is 22.4 Å². The molecule has 1 aromatic rings. The van der Waals surface area contributed by atoms with E-state index < -0.39 is 0 Å². The Kier molecular flexibility index (Phi) is 4.54. The molecule has 1 amide bonds. The number of amides is 1. The van der Waals surface area contributed by atoms with E-state index in [1.165, 1.54) is 12.8 Å². The Morgan fingerprint density at radius 3 is 2.57 bits per heavy atom. The second-order valence-corrected chi connectivity index (χ2v) is 7.81. The second-order valence-electron chi connectivity index (χ2n) is 7.38. The van der Waals surface area contributed by atoms with Crippen LogP contribution in [0, 0.1) is 11.3 Å². The first-order chi connectivity index (χ1) is 10.9. The van der Waals surface area contributed by atoms with Crippen LogP contribution in [0.15, 0.2) is 18.3 Å². The van der Waals surface area contributed by atoms with Gasteiger partial charge in [0, 0.05) is 38.3 Å². The number of rotatable bonds is 4. The molecule has 1 atom stereocenters. The molecular formula is C18H26ClN3O. The molecule has 2 fully saturated rings. The van der Waals surface area contributed by atoms with Crippen molar-refractivity contribution >= 4 is 23.3 Å². The number of carbonyl (C=O) groups excluding carboxylic acids is 1. The molecule has 4 nitrogen and oxygen atoms in total. The van der Waals surface area contributed by atoms with Gasteiger partial charge in [-0.25, -0.2) is 4.98 Å². The number of pyridine rings is 1. The molecule has 23 heavy (non-hydrogen) atoms. The van der Waals surface area contributed by atoms with Crippen molar-refractivity contribution in [1.82, 2.24) is 9.88 Å². The average molecular weight is 336 g/mol. The van der Waals surface area contributed by atoms with Crippen LogP contribution in [0.3, 0.4) is 0 Å². The van der Waals surface area contributed by atoms with Crippen molar-refractivity contribution in [3.63, 3.8) is 0 Å². The maximum absolute atomic E-state index is 12.8. The summed E-state index contributed by atoms with van der Waals surface area (Å²) in [6, 6.07) is 4.16. The molecule has 1 aromatic heterocycles. The lowest BCUT2D eigenvalue weighted by molar-refractivity contribution is -0.137. The smallest absolute Gasteiger partial charge is 0.225 e. The number of hydrogen-bond donors (Lipinski definition) is 0. The first-order valence-corrected chi connectivity index (χ1v) is 8.92. The Balaban J connectivity index is 1.56. The number of halogens is 1. The van der Waals surface area contributed by atoms with Crippen molar-refractivity contribution < 1.29 is 4.79 Å². The third-order valence-corrected chi connectivity index (χ3v) is 6.08. The normalized spacial score (nSPS) is 21.8. The summed E-state index contributed by atoms with van der Waals surface area (Å²) in [5.41, 5.74) is 0.346. The van der Waals surface area contributed by atoms with E-state index in [4.69, 9.17) is 11.6 Å². The zero-order valence-corrected chi connectivity index (χ0v) is 15.0. The highest BCUT2D eigenvalue weighted by Gasteiger charge is 2.46. The summed E-state index contributed by atoms with van der Waals surface area (Å²) in [6.45, 7) is 6.24. The van der Waals surface area contributed by atoms with Crippen molar-refractivity contribution in [2.75, 3.05) is 25.0 Å². The molecule has 5 heteroatoms. The molecule has 0 unspecified atom stereocenters. The average Bonchev–Trinajstić information content (AvgIpc) is 3.32. The topological polar surface area (TPSA) is 36.4 Å². The lowest BCUT2D eigenvalue weighted by atomic mass is 9.92. The van der Waals surface area contributed by atoms with E-state index in [2.05, 4.69) is 23.7 Å². The Bertz CT molecular complexity index is 562. The van der Waals surface area contributed by atoms with Crippen LogP contribution in [0.1, 0.15) is 39.5 Å². The number of carbonyl (C=O) groups is 1. The third kappa shape index (κ3) is 3.47. The fourth-order valence-electron chi connectivity index (χ4n) is 3.47. The van der Waals surface area contributed by atoms with Crippen LogP contribution in [-0.2, 0) is 4.79 Å². The lowest BCUT2D eigenvalue weighted by Gasteiger charge is -2.37. The first-order valence-electron chi connectivity index (χ1n) is 8.54. The van der Waals surface area contributed by atoms with E-state index in [0.717, 1.165) is 31.7 Å². The zero-order valence-electron chi connectivity index (χ0n) is 14.3. The molecule has 1 aliphatic carbocycles. The highest BCUT2D eigenvalue weighted by molar-refractivity contribution is 6.30. The van der Waals surface area contributed by atoms with Gasteiger partial charge in [0.05, 0.1) is 5.02 Å². The highest BCUT2D eigenvalue weighted by Crippen LogP contribution is 2.49. The predicted octanol–water partition coefficient (Wildman–Crippen LogP) is 3.60. The summed E-state index contributed by atoms with van der Waals surface area (Å²) < 4.78 is 0. The summed E-state index contributed by atoms with van der Waals surface area (Å²) in [7, 11) is 1.98. The molecule has 0 N–H and O–H groups in total. The molecule has 0 aromatic carbocycles. The van der Waals surface area contributed by atoms with Gasteiger partial charge in [-0.3, -0.25) is 4.79 Å². The van der Waals surface area contributed by atoms with Gasteiger partial charge in [0.15, 0.2) is 0 Å². The minimum Gasteiger partial charge on any atom is -0.357 e. The molecule has 2 heterocycles. The largest absolute Gasteiger partial charge is 0.357 e. The SMILES string of the molecule is C[C@H](N(C)C(=O)C1CCN(c2ccc(Cl)cn2)CC1)C1(C)CC1. The Labute approximate surface area is 143 Å². The molecule has 0 bridgehead atoms. The van der Waals surface area contributed by atoms with Gasteiger partial charge in [-0.1, -0.05) is 18.5 Å². The predicted molar refractivity (Wildman–Crippen MR) is 93.8 cm³/mol. The fraction of sp³-hybridized carbons (Fsp3) is 0.667. The first kappa shape index (κ1) is 16.6. The summed E-state index contributed by atoms with van der Waals surface area (Å²) >= 11 is 5.89. The third-order valence-electron chi connectivity index (χ3n) is 5.86. The van der Waals surface area contributed by atoms with E-state index in [-0.39, 0.29) is 5.92 Å². The van der Waals surface area contributed by atoms with E-state index in [1.807, 2.05) is 24.1 Å². The van der Waals surface area contributed by atoms with Gasteiger partial charge in [-0.15, -0.1) is 0 Å². The van der Waals surface area contributed by atoms with Crippen LogP contribution in [0.2, 0.25) is 5.02 Å². The second kappa shape index (κ2) is 6.31. The molecule has 3 rings (SSSR count).